The van der Waals surface area contributed by atoms with Crippen molar-refractivity contribution in [3.8, 4) is 0 Å². The molecule has 0 spiro atoms. The first-order chi connectivity index (χ1) is 20.3. The highest BCUT2D eigenvalue weighted by Crippen LogP contribution is 2.24. The van der Waals surface area contributed by atoms with Gasteiger partial charge in [0.25, 0.3) is 5.91 Å². The molecule has 0 radical (unpaired) electrons. The highest BCUT2D eigenvalue weighted by Gasteiger charge is 2.35. The van der Waals surface area contributed by atoms with Gasteiger partial charge in [0, 0.05) is 24.3 Å². The summed E-state index contributed by atoms with van der Waals surface area (Å²) < 4.78 is 32.2. The average Bonchev–Trinajstić information content (AvgIpc) is 2.91. The maximum Gasteiger partial charge on any atom is 0.362 e. The number of aliphatic carboxylic acids is 4. The van der Waals surface area contributed by atoms with Gasteiger partial charge in [-0.15, -0.1) is 0 Å². The molecule has 0 aliphatic heterocycles. The van der Waals surface area contributed by atoms with Gasteiger partial charge in [-0.3, -0.25) is 42.9 Å². The monoisotopic (exact) mass is 692 g/mol. The number of carbonyl (C=O) groups excluding carboxylic acids is 4. The van der Waals surface area contributed by atoms with Crippen LogP contribution in [0.2, 0.25) is 0 Å². The van der Waals surface area contributed by atoms with Gasteiger partial charge in [-0.25, -0.2) is 4.31 Å². The molecule has 0 aliphatic rings. The predicted octanol–water partition coefficient (Wildman–Crippen LogP) is -4.36. The molecule has 24 heteroatoms. The Bertz CT molecular complexity index is 1200. The van der Waals surface area contributed by atoms with Crippen LogP contribution < -0.4 is 27.4 Å². The van der Waals surface area contributed by atoms with Crippen molar-refractivity contribution in [1.29, 1.82) is 0 Å². The summed E-state index contributed by atoms with van der Waals surface area (Å²) in [6, 6.07) is -6.07. The number of carboxylic acids is 4. The standard InChI is InChI=1S/C20H32N6O15S3/c21-9(19(35)36)1-3-13(27)24-11(17(33)23-5-15(29)30)7-42-43-8-12(25-14(28)4-2-10(22)20(37)38)18(34)26(6-16(31)32)44(39,40)41/h9-12H,1-8,21-22H2,(H,23,33)(H,24,27)(H,25,28)(H,29,30)(H,31,32)(H,35,36)(H,37,38)(H,39,40,41)/t9-,10-,11-,12-/m0/s1. The normalized spacial score (nSPS) is 13.8. The van der Waals surface area contributed by atoms with E-state index in [0.717, 1.165) is 10.8 Å². The van der Waals surface area contributed by atoms with Crippen LogP contribution in [0.4, 0.5) is 0 Å². The van der Waals surface area contributed by atoms with Crippen molar-refractivity contribution in [1.82, 2.24) is 20.3 Å². The smallest absolute Gasteiger partial charge is 0.362 e. The number of rotatable bonds is 22. The minimum atomic E-state index is -5.43. The largest absolute Gasteiger partial charge is 0.480 e. The molecule has 0 saturated heterocycles. The van der Waals surface area contributed by atoms with Crippen molar-refractivity contribution >= 4 is 79.4 Å². The molecule has 0 aromatic rings. The summed E-state index contributed by atoms with van der Waals surface area (Å²) in [5.41, 5.74) is 10.7. The third kappa shape index (κ3) is 16.8. The van der Waals surface area contributed by atoms with Crippen LogP contribution in [0.3, 0.4) is 0 Å². The molecule has 0 rings (SSSR count). The summed E-state index contributed by atoms with van der Waals surface area (Å²) in [5.74, 6) is -11.3. The lowest BCUT2D eigenvalue weighted by Gasteiger charge is -2.24. The number of nitrogens with zero attached hydrogens (tertiary/aromatic N) is 1. The molecule has 0 bridgehead atoms. The Kier molecular flexibility index (Phi) is 17.9. The van der Waals surface area contributed by atoms with Gasteiger partial charge in [0.15, 0.2) is 0 Å². The topological polar surface area (TPSA) is 363 Å². The molecule has 0 saturated carbocycles. The molecule has 250 valence electrons. The van der Waals surface area contributed by atoms with E-state index in [2.05, 4.69) is 10.6 Å². The Morgan fingerprint density at radius 1 is 0.727 bits per heavy atom. The van der Waals surface area contributed by atoms with E-state index >= 15 is 0 Å². The maximum atomic E-state index is 12.9. The van der Waals surface area contributed by atoms with Gasteiger partial charge in [0.05, 0.1) is 0 Å². The summed E-state index contributed by atoms with van der Waals surface area (Å²) in [7, 11) is -3.99. The van der Waals surface area contributed by atoms with Crippen LogP contribution in [0, 0.1) is 0 Å². The second-order valence-electron chi connectivity index (χ2n) is 8.60. The zero-order valence-corrected chi connectivity index (χ0v) is 25.1. The van der Waals surface area contributed by atoms with E-state index in [4.69, 9.17) is 31.9 Å². The molecule has 0 aromatic heterocycles. The van der Waals surface area contributed by atoms with Crippen molar-refractivity contribution in [3.05, 3.63) is 0 Å². The predicted molar refractivity (Wildman–Crippen MR) is 150 cm³/mol. The Labute approximate surface area is 257 Å². The SMILES string of the molecule is N[C@@H](CCC(=O)N[C@@H](CSSC[C@H](NC(=O)CC[C@H](N)C(=O)O)C(=O)N(CC(=O)O)S(=O)(=O)O)C(=O)NCC(=O)O)C(=O)O. The molecular weight excluding hydrogens is 660 g/mol. The van der Waals surface area contributed by atoms with Crippen LogP contribution >= 0.6 is 21.6 Å². The molecule has 4 atom stereocenters. The van der Waals surface area contributed by atoms with Gasteiger partial charge in [-0.2, -0.15) is 8.42 Å². The van der Waals surface area contributed by atoms with Gasteiger partial charge in [-0.1, -0.05) is 21.6 Å². The Morgan fingerprint density at radius 2 is 1.16 bits per heavy atom. The first-order valence-electron chi connectivity index (χ1n) is 12.1. The minimum absolute atomic E-state index is 0.298. The number of hydrogen-bond donors (Lipinski definition) is 10. The fraction of sp³-hybridized carbons (Fsp3) is 0.600. The highest BCUT2D eigenvalue weighted by atomic mass is 33.1. The number of nitrogens with one attached hydrogen (secondary N) is 3. The van der Waals surface area contributed by atoms with E-state index in [0.29, 0.717) is 10.8 Å². The van der Waals surface area contributed by atoms with E-state index in [9.17, 15) is 51.3 Å². The second-order valence-corrected chi connectivity index (χ2v) is 12.5. The molecule has 0 heterocycles. The van der Waals surface area contributed by atoms with E-state index in [-0.39, 0.29) is 12.2 Å². The van der Waals surface area contributed by atoms with Gasteiger partial charge in [0.1, 0.15) is 37.3 Å². The van der Waals surface area contributed by atoms with Crippen molar-refractivity contribution in [3.63, 3.8) is 0 Å². The number of carbonyl (C=O) groups is 8. The molecule has 44 heavy (non-hydrogen) atoms. The van der Waals surface area contributed by atoms with E-state index in [1.807, 2.05) is 5.32 Å². The van der Waals surface area contributed by atoms with Gasteiger partial charge >= 0.3 is 34.2 Å². The third-order valence-electron chi connectivity index (χ3n) is 5.05. The summed E-state index contributed by atoms with van der Waals surface area (Å²) in [5, 5.41) is 41.8. The van der Waals surface area contributed by atoms with E-state index in [1.54, 1.807) is 0 Å². The molecule has 21 nitrogen and oxygen atoms in total. The lowest BCUT2D eigenvalue weighted by Crippen LogP contribution is -2.53. The van der Waals surface area contributed by atoms with Gasteiger partial charge in [-0.05, 0) is 12.8 Å². The zero-order valence-electron chi connectivity index (χ0n) is 22.6. The van der Waals surface area contributed by atoms with Crippen LogP contribution in [0.1, 0.15) is 25.7 Å². The fourth-order valence-corrected chi connectivity index (χ4v) is 5.75. The van der Waals surface area contributed by atoms with Crippen LogP contribution in [0.5, 0.6) is 0 Å². The van der Waals surface area contributed by atoms with E-state index < -0.39 is 124 Å². The number of amides is 4. The summed E-state index contributed by atoms with van der Waals surface area (Å²) in [4.78, 5) is 93.4. The minimum Gasteiger partial charge on any atom is -0.480 e. The maximum absolute atomic E-state index is 12.9. The third-order valence-corrected chi connectivity index (χ3v) is 8.34. The van der Waals surface area contributed by atoms with Crippen molar-refractivity contribution in [2.24, 2.45) is 11.5 Å². The first kappa shape index (κ1) is 40.3. The Hall–Kier alpha value is -3.71. The van der Waals surface area contributed by atoms with Crippen molar-refractivity contribution in [2.45, 2.75) is 49.9 Å². The van der Waals surface area contributed by atoms with Gasteiger partial charge < -0.3 is 47.8 Å². The van der Waals surface area contributed by atoms with Crippen molar-refractivity contribution in [2.75, 3.05) is 24.6 Å². The second kappa shape index (κ2) is 19.5. The number of carboxylic acid groups (broad SMARTS) is 4. The molecule has 4 amide bonds. The fourth-order valence-electron chi connectivity index (χ4n) is 2.80. The summed E-state index contributed by atoms with van der Waals surface area (Å²) in [6.07, 6.45) is -1.67. The summed E-state index contributed by atoms with van der Waals surface area (Å²) in [6.45, 7) is -2.34. The number of hydrogen-bond acceptors (Lipinski definition) is 14. The van der Waals surface area contributed by atoms with Gasteiger partial charge in [0.2, 0.25) is 17.7 Å². The molecular formula is C20H32N6O15S3. The van der Waals surface area contributed by atoms with Crippen LogP contribution in [0.15, 0.2) is 0 Å². The van der Waals surface area contributed by atoms with Crippen LogP contribution in [-0.2, 0) is 48.7 Å². The van der Waals surface area contributed by atoms with Crippen LogP contribution in [-0.4, -0.2) is 134 Å². The Morgan fingerprint density at radius 3 is 1.55 bits per heavy atom. The first-order valence-corrected chi connectivity index (χ1v) is 15.9. The lowest BCUT2D eigenvalue weighted by molar-refractivity contribution is -0.142. The quantitative estimate of drug-likeness (QED) is 0.0291. The summed E-state index contributed by atoms with van der Waals surface area (Å²) >= 11 is 0. The molecule has 0 unspecified atom stereocenters. The molecule has 0 aliphatic carbocycles. The molecule has 0 fully saturated rings. The average molecular weight is 693 g/mol. The molecule has 0 aromatic carbocycles. The van der Waals surface area contributed by atoms with Crippen molar-refractivity contribution < 1.29 is 71.8 Å². The van der Waals surface area contributed by atoms with Crippen LogP contribution in [0.25, 0.3) is 0 Å². The number of nitrogens with two attached hydrogens (primary N) is 2. The Balaban J connectivity index is 5.68. The lowest BCUT2D eigenvalue weighted by atomic mass is 10.1. The highest BCUT2D eigenvalue weighted by molar-refractivity contribution is 8.76. The molecule has 12 N–H and O–H groups in total. The zero-order chi connectivity index (χ0) is 34.2. The van der Waals surface area contributed by atoms with E-state index in [1.165, 1.54) is 0 Å².